The number of nitrogens with zero attached hydrogens (tertiary/aromatic N) is 2. The minimum absolute atomic E-state index is 0.498. The first kappa shape index (κ1) is 14.8. The van der Waals surface area contributed by atoms with Crippen molar-refractivity contribution in [2.45, 2.75) is 25.7 Å². The molecular formula is C19H17ClN2. The molecule has 0 atom stereocenters. The lowest BCUT2D eigenvalue weighted by Crippen LogP contribution is -2.26. The van der Waals surface area contributed by atoms with Crippen molar-refractivity contribution >= 4 is 28.2 Å². The Balaban J connectivity index is 2.29. The third kappa shape index (κ3) is 2.63. The largest absolute Gasteiger partial charge is 0.348 e. The van der Waals surface area contributed by atoms with E-state index in [4.69, 9.17) is 29.4 Å². The number of rotatable bonds is 3. The molecule has 0 unspecified atom stereocenters. The van der Waals surface area contributed by atoms with Crippen LogP contribution < -0.4 is 4.90 Å². The molecule has 1 aromatic heterocycles. The molecule has 2 nitrogen and oxygen atoms in total. The zero-order valence-electron chi connectivity index (χ0n) is 12.4. The molecule has 0 aliphatic heterocycles. The summed E-state index contributed by atoms with van der Waals surface area (Å²) in [5.74, 6) is 5.44. The number of pyridine rings is 1. The van der Waals surface area contributed by atoms with Crippen LogP contribution in [0.4, 0.5) is 5.69 Å². The smallest absolute Gasteiger partial charge is 0.0801 e. The predicted octanol–water partition coefficient (Wildman–Crippen LogP) is 3.84. The lowest BCUT2D eigenvalue weighted by atomic mass is 9.92. The SMILES string of the molecule is C#CCN(CC#C)c1c2c(nc3cc(Cl)ccc13)CCCC2. The average Bonchev–Trinajstić information content (AvgIpc) is 2.52. The van der Waals surface area contributed by atoms with E-state index in [1.807, 2.05) is 18.2 Å². The van der Waals surface area contributed by atoms with Gasteiger partial charge in [0.25, 0.3) is 0 Å². The molecule has 0 amide bonds. The Morgan fingerprint density at radius 1 is 1.14 bits per heavy atom. The first-order valence-electron chi connectivity index (χ1n) is 7.47. The highest BCUT2D eigenvalue weighted by atomic mass is 35.5. The molecule has 1 aliphatic carbocycles. The standard InChI is InChI=1S/C19H17ClN2/c1-3-11-22(12-4-2)19-15-7-5-6-8-17(15)21-18-13-14(20)9-10-16(18)19/h1-2,9-10,13H,5-8,11-12H2. The molecule has 0 spiro atoms. The number of hydrogen-bond donors (Lipinski definition) is 0. The summed E-state index contributed by atoms with van der Waals surface area (Å²) in [7, 11) is 0. The molecule has 1 aromatic carbocycles. The van der Waals surface area contributed by atoms with Crippen molar-refractivity contribution in [2.24, 2.45) is 0 Å². The number of fused-ring (bicyclic) bond motifs is 2. The van der Waals surface area contributed by atoms with Crippen molar-refractivity contribution in [1.82, 2.24) is 4.98 Å². The topological polar surface area (TPSA) is 16.1 Å². The first-order valence-corrected chi connectivity index (χ1v) is 7.85. The highest BCUT2D eigenvalue weighted by molar-refractivity contribution is 6.31. The van der Waals surface area contributed by atoms with Gasteiger partial charge in [-0.3, -0.25) is 4.98 Å². The summed E-state index contributed by atoms with van der Waals surface area (Å²) in [6.45, 7) is 0.997. The Bertz CT molecular complexity index is 780. The number of hydrogen-bond acceptors (Lipinski definition) is 2. The second-order valence-electron chi connectivity index (χ2n) is 5.52. The Labute approximate surface area is 136 Å². The van der Waals surface area contributed by atoms with Crippen LogP contribution in [-0.4, -0.2) is 18.1 Å². The van der Waals surface area contributed by atoms with Gasteiger partial charge in [-0.25, -0.2) is 0 Å². The minimum atomic E-state index is 0.498. The highest BCUT2D eigenvalue weighted by Gasteiger charge is 2.21. The molecule has 0 saturated carbocycles. The monoisotopic (exact) mass is 308 g/mol. The van der Waals surface area contributed by atoms with Crippen LogP contribution in [0.3, 0.4) is 0 Å². The number of anilines is 1. The van der Waals surface area contributed by atoms with E-state index >= 15 is 0 Å². The van der Waals surface area contributed by atoms with Crippen LogP contribution in [0.25, 0.3) is 10.9 Å². The van der Waals surface area contributed by atoms with Gasteiger partial charge < -0.3 is 4.90 Å². The van der Waals surface area contributed by atoms with Gasteiger partial charge in [0.05, 0.1) is 24.3 Å². The Hall–Kier alpha value is -2.16. The van der Waals surface area contributed by atoms with Crippen molar-refractivity contribution in [3.8, 4) is 24.7 Å². The van der Waals surface area contributed by atoms with Gasteiger partial charge >= 0.3 is 0 Å². The third-order valence-electron chi connectivity index (χ3n) is 4.08. The zero-order valence-corrected chi connectivity index (χ0v) is 13.2. The second-order valence-corrected chi connectivity index (χ2v) is 5.95. The number of aromatic nitrogens is 1. The summed E-state index contributed by atoms with van der Waals surface area (Å²) in [5, 5.41) is 1.78. The number of halogens is 1. The summed E-state index contributed by atoms with van der Waals surface area (Å²) in [6, 6.07) is 5.84. The van der Waals surface area contributed by atoms with Gasteiger partial charge in [0, 0.05) is 16.1 Å². The van der Waals surface area contributed by atoms with E-state index in [2.05, 4.69) is 16.7 Å². The Morgan fingerprint density at radius 2 is 1.86 bits per heavy atom. The van der Waals surface area contributed by atoms with Crippen molar-refractivity contribution < 1.29 is 0 Å². The molecule has 0 fully saturated rings. The third-order valence-corrected chi connectivity index (χ3v) is 4.31. The fourth-order valence-corrected chi connectivity index (χ4v) is 3.34. The lowest BCUT2D eigenvalue weighted by molar-refractivity contribution is 0.669. The van der Waals surface area contributed by atoms with E-state index in [9.17, 15) is 0 Å². The Morgan fingerprint density at radius 3 is 2.59 bits per heavy atom. The maximum absolute atomic E-state index is 6.14. The predicted molar refractivity (Wildman–Crippen MR) is 93.3 cm³/mol. The molecule has 0 N–H and O–H groups in total. The van der Waals surface area contributed by atoms with Crippen LogP contribution in [0, 0.1) is 24.7 Å². The molecule has 110 valence electrons. The van der Waals surface area contributed by atoms with Crippen molar-refractivity contribution in [3.05, 3.63) is 34.5 Å². The van der Waals surface area contributed by atoms with Crippen molar-refractivity contribution in [1.29, 1.82) is 0 Å². The molecule has 3 heteroatoms. The van der Waals surface area contributed by atoms with Crippen LogP contribution in [0.15, 0.2) is 18.2 Å². The quantitative estimate of drug-likeness (QED) is 0.801. The van der Waals surface area contributed by atoms with E-state index in [0.29, 0.717) is 18.1 Å². The van der Waals surface area contributed by atoms with Gasteiger partial charge in [0.15, 0.2) is 0 Å². The number of terminal acetylenes is 2. The summed E-state index contributed by atoms with van der Waals surface area (Å²) >= 11 is 6.14. The zero-order chi connectivity index (χ0) is 15.5. The fraction of sp³-hybridized carbons (Fsp3) is 0.316. The summed E-state index contributed by atoms with van der Waals surface area (Å²) in [6.07, 6.45) is 15.5. The average molecular weight is 309 g/mol. The van der Waals surface area contributed by atoms with Crippen molar-refractivity contribution in [3.63, 3.8) is 0 Å². The van der Waals surface area contributed by atoms with Gasteiger partial charge in [0.2, 0.25) is 0 Å². The first-order chi connectivity index (χ1) is 10.7. The summed E-state index contributed by atoms with van der Waals surface area (Å²) < 4.78 is 0. The van der Waals surface area contributed by atoms with Gasteiger partial charge in [0.1, 0.15) is 0 Å². The molecule has 22 heavy (non-hydrogen) atoms. The highest BCUT2D eigenvalue weighted by Crippen LogP contribution is 2.36. The fourth-order valence-electron chi connectivity index (χ4n) is 3.17. The molecule has 3 rings (SSSR count). The molecule has 0 saturated heterocycles. The second kappa shape index (κ2) is 6.30. The van der Waals surface area contributed by atoms with E-state index in [1.54, 1.807) is 0 Å². The van der Waals surface area contributed by atoms with Gasteiger partial charge in [-0.15, -0.1) is 12.8 Å². The summed E-state index contributed by atoms with van der Waals surface area (Å²) in [5.41, 5.74) is 4.52. The van der Waals surface area contributed by atoms with E-state index in [1.165, 1.54) is 18.4 Å². The van der Waals surface area contributed by atoms with Crippen LogP contribution in [0.2, 0.25) is 5.02 Å². The number of aryl methyl sites for hydroxylation is 1. The van der Waals surface area contributed by atoms with Crippen LogP contribution in [-0.2, 0) is 12.8 Å². The Kier molecular flexibility index (Phi) is 4.23. The van der Waals surface area contributed by atoms with Gasteiger partial charge in [-0.05, 0) is 49.4 Å². The molecule has 1 aliphatic rings. The lowest BCUT2D eigenvalue weighted by Gasteiger charge is -2.28. The van der Waals surface area contributed by atoms with Gasteiger partial charge in [-0.2, -0.15) is 0 Å². The van der Waals surface area contributed by atoms with Crippen LogP contribution in [0.5, 0.6) is 0 Å². The number of benzene rings is 1. The van der Waals surface area contributed by atoms with Crippen molar-refractivity contribution in [2.75, 3.05) is 18.0 Å². The van der Waals surface area contributed by atoms with E-state index in [-0.39, 0.29) is 0 Å². The molecule has 0 radical (unpaired) electrons. The molecule has 1 heterocycles. The van der Waals surface area contributed by atoms with Crippen LogP contribution in [0.1, 0.15) is 24.1 Å². The van der Waals surface area contributed by atoms with Gasteiger partial charge in [-0.1, -0.05) is 23.4 Å². The summed E-state index contributed by atoms with van der Waals surface area (Å²) in [4.78, 5) is 6.92. The maximum atomic E-state index is 6.14. The van der Waals surface area contributed by atoms with E-state index in [0.717, 1.165) is 35.1 Å². The molecule has 0 bridgehead atoms. The maximum Gasteiger partial charge on any atom is 0.0801 e. The molecule has 2 aromatic rings. The van der Waals surface area contributed by atoms with Crippen LogP contribution >= 0.6 is 11.6 Å². The van der Waals surface area contributed by atoms with E-state index < -0.39 is 0 Å². The minimum Gasteiger partial charge on any atom is -0.348 e. The normalized spacial score (nSPS) is 13.2. The molecular weight excluding hydrogens is 292 g/mol.